The fraction of sp³-hybridized carbons (Fsp3) is 0.625. The number of halogens is 1. The zero-order valence-corrected chi connectivity index (χ0v) is 12.6. The minimum Gasteiger partial charge on any atom is -0.496 e. The second kappa shape index (κ2) is 5.13. The predicted octanol–water partition coefficient (Wildman–Crippen LogP) is 4.73. The molecule has 0 heterocycles. The molecule has 0 amide bonds. The summed E-state index contributed by atoms with van der Waals surface area (Å²) in [4.78, 5) is 0. The number of alkyl halides is 1. The van der Waals surface area contributed by atoms with E-state index in [1.54, 1.807) is 7.11 Å². The van der Waals surface area contributed by atoms with Crippen LogP contribution in [0.3, 0.4) is 0 Å². The number of benzene rings is 1. The summed E-state index contributed by atoms with van der Waals surface area (Å²) in [5, 5.41) is 0. The highest BCUT2D eigenvalue weighted by Gasteiger charge is 2.33. The summed E-state index contributed by atoms with van der Waals surface area (Å²) in [5.74, 6) is 2.88. The molecular formula is C16H23ClO. The van der Waals surface area contributed by atoms with Crippen molar-refractivity contribution < 1.29 is 4.74 Å². The Bertz CT molecular complexity index is 416. The quantitative estimate of drug-likeness (QED) is 0.716. The maximum Gasteiger partial charge on any atom is 0.122 e. The van der Waals surface area contributed by atoms with Crippen LogP contribution in [0.5, 0.6) is 5.75 Å². The Balaban J connectivity index is 2.41. The van der Waals surface area contributed by atoms with Crippen LogP contribution in [0.25, 0.3) is 0 Å². The molecule has 0 radical (unpaired) electrons. The van der Waals surface area contributed by atoms with Crippen molar-refractivity contribution >= 4 is 11.6 Å². The van der Waals surface area contributed by atoms with Crippen molar-refractivity contribution in [2.75, 3.05) is 13.0 Å². The standard InChI is InChI=1S/C16H23ClO/c1-16(2,3)12-7-8-15(18-4)13(9-12)14(10-17)11-5-6-11/h7-9,11,14H,5-6,10H2,1-4H3. The molecule has 0 spiro atoms. The van der Waals surface area contributed by atoms with E-state index >= 15 is 0 Å². The van der Waals surface area contributed by atoms with E-state index < -0.39 is 0 Å². The van der Waals surface area contributed by atoms with Gasteiger partial charge >= 0.3 is 0 Å². The van der Waals surface area contributed by atoms with Crippen molar-refractivity contribution in [3.05, 3.63) is 29.3 Å². The van der Waals surface area contributed by atoms with Gasteiger partial charge in [-0.25, -0.2) is 0 Å². The second-order valence-corrected chi connectivity index (χ2v) is 6.61. The molecule has 0 aromatic heterocycles. The topological polar surface area (TPSA) is 9.23 Å². The van der Waals surface area contributed by atoms with Crippen molar-refractivity contribution in [3.63, 3.8) is 0 Å². The van der Waals surface area contributed by atoms with Gasteiger partial charge in [-0.1, -0.05) is 32.9 Å². The number of hydrogen-bond donors (Lipinski definition) is 0. The molecule has 1 fully saturated rings. The third-order valence-corrected chi connectivity index (χ3v) is 4.18. The van der Waals surface area contributed by atoms with E-state index in [1.165, 1.54) is 24.0 Å². The third kappa shape index (κ3) is 2.83. The monoisotopic (exact) mass is 266 g/mol. The van der Waals surface area contributed by atoms with Crippen molar-refractivity contribution in [2.24, 2.45) is 5.92 Å². The molecule has 1 aliphatic rings. The first kappa shape index (κ1) is 13.7. The van der Waals surface area contributed by atoms with Crippen LogP contribution in [0, 0.1) is 5.92 Å². The third-order valence-electron chi connectivity index (χ3n) is 3.85. The molecule has 2 rings (SSSR count). The van der Waals surface area contributed by atoms with Crippen LogP contribution in [-0.2, 0) is 5.41 Å². The minimum absolute atomic E-state index is 0.168. The van der Waals surface area contributed by atoms with Gasteiger partial charge in [-0.05, 0) is 41.4 Å². The number of ether oxygens (including phenoxy) is 1. The summed E-state index contributed by atoms with van der Waals surface area (Å²) in [5.41, 5.74) is 2.82. The van der Waals surface area contributed by atoms with Gasteiger partial charge in [0.1, 0.15) is 5.75 Å². The lowest BCUT2D eigenvalue weighted by Gasteiger charge is -2.24. The van der Waals surface area contributed by atoms with Gasteiger partial charge in [0.25, 0.3) is 0 Å². The fourth-order valence-corrected chi connectivity index (χ4v) is 2.87. The highest BCUT2D eigenvalue weighted by Crippen LogP contribution is 2.46. The average Bonchev–Trinajstić information content (AvgIpc) is 3.13. The van der Waals surface area contributed by atoms with E-state index in [0.717, 1.165) is 11.7 Å². The molecule has 0 aliphatic heterocycles. The fourth-order valence-electron chi connectivity index (χ4n) is 2.45. The van der Waals surface area contributed by atoms with Crippen molar-refractivity contribution in [2.45, 2.75) is 44.9 Å². The van der Waals surface area contributed by atoms with Gasteiger partial charge < -0.3 is 4.74 Å². The summed E-state index contributed by atoms with van der Waals surface area (Å²) < 4.78 is 5.52. The van der Waals surface area contributed by atoms with Gasteiger partial charge in [0.15, 0.2) is 0 Å². The largest absolute Gasteiger partial charge is 0.496 e. The zero-order chi connectivity index (χ0) is 13.3. The van der Waals surface area contributed by atoms with Crippen LogP contribution in [0.4, 0.5) is 0 Å². The van der Waals surface area contributed by atoms with Gasteiger partial charge in [0.2, 0.25) is 0 Å². The maximum absolute atomic E-state index is 6.18. The molecule has 2 heteroatoms. The van der Waals surface area contributed by atoms with Gasteiger partial charge in [-0.2, -0.15) is 0 Å². The molecule has 1 unspecified atom stereocenters. The Hall–Kier alpha value is -0.690. The molecule has 1 nitrogen and oxygen atoms in total. The second-order valence-electron chi connectivity index (χ2n) is 6.30. The lowest BCUT2D eigenvalue weighted by molar-refractivity contribution is 0.403. The van der Waals surface area contributed by atoms with E-state index in [2.05, 4.69) is 39.0 Å². The Morgan fingerprint density at radius 2 is 2.00 bits per heavy atom. The van der Waals surface area contributed by atoms with Crippen molar-refractivity contribution in [3.8, 4) is 5.75 Å². The van der Waals surface area contributed by atoms with Crippen LogP contribution in [-0.4, -0.2) is 13.0 Å². The summed E-state index contributed by atoms with van der Waals surface area (Å²) in [6, 6.07) is 6.56. The first-order valence-electron chi connectivity index (χ1n) is 6.71. The highest BCUT2D eigenvalue weighted by molar-refractivity contribution is 6.18. The Labute approximate surface area is 115 Å². The first-order chi connectivity index (χ1) is 8.47. The van der Waals surface area contributed by atoms with Crippen LogP contribution in [0.2, 0.25) is 0 Å². The SMILES string of the molecule is COc1ccc(C(C)(C)C)cc1C(CCl)C1CC1. The van der Waals surface area contributed by atoms with Crippen LogP contribution >= 0.6 is 11.6 Å². The van der Waals surface area contributed by atoms with Gasteiger partial charge in [-0.15, -0.1) is 11.6 Å². The van der Waals surface area contributed by atoms with E-state index in [9.17, 15) is 0 Å². The molecule has 0 N–H and O–H groups in total. The number of methoxy groups -OCH3 is 1. The van der Waals surface area contributed by atoms with E-state index in [4.69, 9.17) is 16.3 Å². The summed E-state index contributed by atoms with van der Waals surface area (Å²) in [6.07, 6.45) is 2.61. The molecule has 1 atom stereocenters. The Kier molecular flexibility index (Phi) is 3.91. The molecule has 1 aliphatic carbocycles. The molecule has 100 valence electrons. The smallest absolute Gasteiger partial charge is 0.122 e. The predicted molar refractivity (Wildman–Crippen MR) is 77.9 cm³/mol. The van der Waals surface area contributed by atoms with Crippen LogP contribution < -0.4 is 4.74 Å². The highest BCUT2D eigenvalue weighted by atomic mass is 35.5. The van der Waals surface area contributed by atoms with Gasteiger partial charge in [0.05, 0.1) is 7.11 Å². The maximum atomic E-state index is 6.18. The zero-order valence-electron chi connectivity index (χ0n) is 11.8. The number of hydrogen-bond acceptors (Lipinski definition) is 1. The lowest BCUT2D eigenvalue weighted by atomic mass is 9.83. The summed E-state index contributed by atoms with van der Waals surface area (Å²) >= 11 is 6.18. The van der Waals surface area contributed by atoms with Crippen LogP contribution in [0.15, 0.2) is 18.2 Å². The number of rotatable bonds is 4. The summed E-state index contributed by atoms with van der Waals surface area (Å²) in [6.45, 7) is 6.72. The van der Waals surface area contributed by atoms with Crippen LogP contribution in [0.1, 0.15) is 50.7 Å². The normalized spacial score (nSPS) is 17.6. The molecule has 1 aromatic rings. The Morgan fingerprint density at radius 3 is 2.44 bits per heavy atom. The van der Waals surface area contributed by atoms with Gasteiger partial charge in [-0.3, -0.25) is 0 Å². The first-order valence-corrected chi connectivity index (χ1v) is 7.25. The molecule has 0 saturated heterocycles. The molecule has 18 heavy (non-hydrogen) atoms. The van der Waals surface area contributed by atoms with Crippen molar-refractivity contribution in [1.82, 2.24) is 0 Å². The van der Waals surface area contributed by atoms with E-state index in [0.29, 0.717) is 11.8 Å². The Morgan fingerprint density at radius 1 is 1.33 bits per heavy atom. The minimum atomic E-state index is 0.168. The van der Waals surface area contributed by atoms with E-state index in [-0.39, 0.29) is 5.41 Å². The lowest BCUT2D eigenvalue weighted by Crippen LogP contribution is -2.13. The van der Waals surface area contributed by atoms with Crippen molar-refractivity contribution in [1.29, 1.82) is 0 Å². The molecular weight excluding hydrogens is 244 g/mol. The molecule has 0 bridgehead atoms. The van der Waals surface area contributed by atoms with Gasteiger partial charge in [0, 0.05) is 11.8 Å². The average molecular weight is 267 g/mol. The molecule has 1 aromatic carbocycles. The summed E-state index contributed by atoms with van der Waals surface area (Å²) in [7, 11) is 1.74. The van der Waals surface area contributed by atoms with E-state index in [1.807, 2.05) is 0 Å². The molecule has 1 saturated carbocycles.